The van der Waals surface area contributed by atoms with Crippen LogP contribution < -0.4 is 5.32 Å². The van der Waals surface area contributed by atoms with Crippen molar-refractivity contribution in [1.29, 1.82) is 0 Å². The van der Waals surface area contributed by atoms with Gasteiger partial charge in [-0.25, -0.2) is 4.98 Å². The molecule has 0 radical (unpaired) electrons. The summed E-state index contributed by atoms with van der Waals surface area (Å²) in [5, 5.41) is 4.58. The van der Waals surface area contributed by atoms with Gasteiger partial charge in [0.25, 0.3) is 0 Å². The Balaban J connectivity index is 1.55. The molecule has 1 aliphatic carbocycles. The van der Waals surface area contributed by atoms with Gasteiger partial charge in [-0.2, -0.15) is 0 Å². The molecule has 5 heteroatoms. The lowest BCUT2D eigenvalue weighted by Crippen LogP contribution is -2.33. The maximum atomic E-state index is 4.75. The first-order valence-corrected chi connectivity index (χ1v) is 8.44. The van der Waals surface area contributed by atoms with Gasteiger partial charge in [-0.15, -0.1) is 11.3 Å². The van der Waals surface area contributed by atoms with Crippen LogP contribution in [0.4, 0.5) is 0 Å². The highest BCUT2D eigenvalue weighted by molar-refractivity contribution is 8.13. The summed E-state index contributed by atoms with van der Waals surface area (Å²) in [6.45, 7) is 3.97. The van der Waals surface area contributed by atoms with E-state index >= 15 is 0 Å². The number of rotatable bonds is 2. The molecule has 1 fully saturated rings. The van der Waals surface area contributed by atoms with Gasteiger partial charge < -0.3 is 5.32 Å². The molecule has 1 spiro atoms. The second-order valence-corrected chi connectivity index (χ2v) is 7.24. The molecule has 2 heterocycles. The van der Waals surface area contributed by atoms with E-state index < -0.39 is 0 Å². The van der Waals surface area contributed by atoms with Crippen molar-refractivity contribution in [3.63, 3.8) is 0 Å². The number of aryl methyl sites for hydroxylation is 1. The van der Waals surface area contributed by atoms with E-state index in [-0.39, 0.29) is 0 Å². The van der Waals surface area contributed by atoms with E-state index in [9.17, 15) is 0 Å². The second kappa shape index (κ2) is 5.21. The van der Waals surface area contributed by atoms with Gasteiger partial charge in [-0.3, -0.25) is 4.99 Å². The molecule has 0 atom stereocenters. The number of nitrogens with one attached hydrogen (secondary N) is 1. The number of thioether (sulfide) groups is 1. The SMILES string of the molecule is Cc1ncsc1CNC1=NCC2(CCCC2)CS1. The number of hydrogen-bond acceptors (Lipinski definition) is 5. The number of hydrogen-bond donors (Lipinski definition) is 1. The van der Waals surface area contributed by atoms with Gasteiger partial charge >= 0.3 is 0 Å². The molecule has 98 valence electrons. The van der Waals surface area contributed by atoms with Gasteiger partial charge in [-0.1, -0.05) is 24.6 Å². The van der Waals surface area contributed by atoms with Crippen molar-refractivity contribution >= 4 is 28.3 Å². The summed E-state index contributed by atoms with van der Waals surface area (Å²) >= 11 is 3.63. The van der Waals surface area contributed by atoms with Crippen LogP contribution in [-0.2, 0) is 6.54 Å². The Morgan fingerprint density at radius 1 is 1.39 bits per heavy atom. The number of thiazole rings is 1. The smallest absolute Gasteiger partial charge is 0.156 e. The van der Waals surface area contributed by atoms with Crippen LogP contribution in [0.15, 0.2) is 10.5 Å². The zero-order valence-corrected chi connectivity index (χ0v) is 12.4. The van der Waals surface area contributed by atoms with Crippen LogP contribution in [0.5, 0.6) is 0 Å². The Morgan fingerprint density at radius 3 is 2.83 bits per heavy atom. The number of nitrogens with zero attached hydrogens (tertiary/aromatic N) is 2. The third kappa shape index (κ3) is 2.57. The van der Waals surface area contributed by atoms with Crippen molar-refractivity contribution in [2.24, 2.45) is 10.4 Å². The first-order chi connectivity index (χ1) is 8.77. The topological polar surface area (TPSA) is 37.3 Å². The predicted octanol–water partition coefficient (Wildman–Crippen LogP) is 3.20. The lowest BCUT2D eigenvalue weighted by atomic mass is 9.89. The maximum absolute atomic E-state index is 4.75. The van der Waals surface area contributed by atoms with Crippen molar-refractivity contribution in [3.8, 4) is 0 Å². The predicted molar refractivity (Wildman–Crippen MR) is 79.4 cm³/mol. The minimum atomic E-state index is 0.538. The minimum absolute atomic E-state index is 0.538. The summed E-state index contributed by atoms with van der Waals surface area (Å²) in [5.74, 6) is 1.25. The molecule has 0 saturated heterocycles. The fourth-order valence-electron chi connectivity index (χ4n) is 2.74. The van der Waals surface area contributed by atoms with Crippen molar-refractivity contribution < 1.29 is 0 Å². The highest BCUT2D eigenvalue weighted by atomic mass is 32.2. The monoisotopic (exact) mass is 281 g/mol. The van der Waals surface area contributed by atoms with Crippen molar-refractivity contribution in [3.05, 3.63) is 16.1 Å². The molecule has 1 N–H and O–H groups in total. The summed E-state index contributed by atoms with van der Waals surface area (Å²) in [7, 11) is 0. The lowest BCUT2D eigenvalue weighted by Gasteiger charge is -2.31. The minimum Gasteiger partial charge on any atom is -0.360 e. The van der Waals surface area contributed by atoms with Crippen LogP contribution >= 0.6 is 23.1 Å². The summed E-state index contributed by atoms with van der Waals surface area (Å²) in [5.41, 5.74) is 3.59. The molecule has 2 aliphatic rings. The molecule has 1 aromatic heterocycles. The quantitative estimate of drug-likeness (QED) is 0.904. The number of aliphatic imine (C=N–C) groups is 1. The van der Waals surface area contributed by atoms with E-state index in [1.54, 1.807) is 11.3 Å². The normalized spacial score (nSPS) is 22.2. The average Bonchev–Trinajstić information content (AvgIpc) is 2.99. The number of aromatic nitrogens is 1. The van der Waals surface area contributed by atoms with Gasteiger partial charge in [0.15, 0.2) is 5.17 Å². The molecule has 1 saturated carbocycles. The fraction of sp³-hybridized carbons (Fsp3) is 0.692. The zero-order valence-electron chi connectivity index (χ0n) is 10.7. The summed E-state index contributed by atoms with van der Waals surface area (Å²) in [6.07, 6.45) is 5.56. The highest BCUT2D eigenvalue weighted by Crippen LogP contribution is 2.43. The van der Waals surface area contributed by atoms with Gasteiger partial charge in [0.2, 0.25) is 0 Å². The van der Waals surface area contributed by atoms with Crippen LogP contribution in [0.2, 0.25) is 0 Å². The fourth-order valence-corrected chi connectivity index (χ4v) is 4.61. The van der Waals surface area contributed by atoms with E-state index in [1.807, 2.05) is 17.3 Å². The maximum Gasteiger partial charge on any atom is 0.156 e. The first kappa shape index (κ1) is 12.5. The van der Waals surface area contributed by atoms with E-state index in [0.29, 0.717) is 5.41 Å². The standard InChI is InChI=1S/C13H19N3S2/c1-10-11(18-9-16-10)6-14-12-15-7-13(8-17-12)4-2-3-5-13/h9H,2-8H2,1H3,(H,14,15). The Morgan fingerprint density at radius 2 is 2.22 bits per heavy atom. The third-order valence-electron chi connectivity index (χ3n) is 3.98. The van der Waals surface area contributed by atoms with E-state index in [4.69, 9.17) is 4.99 Å². The van der Waals surface area contributed by atoms with Crippen molar-refractivity contribution in [2.45, 2.75) is 39.2 Å². The molecule has 0 bridgehead atoms. The Labute approximate surface area is 116 Å². The van der Waals surface area contributed by atoms with Crippen LogP contribution in [0, 0.1) is 12.3 Å². The van der Waals surface area contributed by atoms with Crippen LogP contribution in [-0.4, -0.2) is 22.4 Å². The summed E-state index contributed by atoms with van der Waals surface area (Å²) < 4.78 is 0. The van der Waals surface area contributed by atoms with Crippen molar-refractivity contribution in [2.75, 3.05) is 12.3 Å². The highest BCUT2D eigenvalue weighted by Gasteiger charge is 2.36. The molecular weight excluding hydrogens is 262 g/mol. The van der Waals surface area contributed by atoms with Gasteiger partial charge in [0, 0.05) is 17.2 Å². The van der Waals surface area contributed by atoms with Crippen LogP contribution in [0.1, 0.15) is 36.3 Å². The van der Waals surface area contributed by atoms with Crippen LogP contribution in [0.25, 0.3) is 0 Å². The first-order valence-electron chi connectivity index (χ1n) is 6.58. The molecule has 1 aliphatic heterocycles. The molecule has 0 amide bonds. The largest absolute Gasteiger partial charge is 0.360 e. The molecule has 1 aromatic rings. The lowest BCUT2D eigenvalue weighted by molar-refractivity contribution is 0.358. The molecule has 3 nitrogen and oxygen atoms in total. The number of amidine groups is 1. The zero-order chi connectivity index (χ0) is 12.4. The van der Waals surface area contributed by atoms with Crippen molar-refractivity contribution in [1.82, 2.24) is 10.3 Å². The van der Waals surface area contributed by atoms with Gasteiger partial charge in [0.1, 0.15) is 0 Å². The summed E-state index contributed by atoms with van der Waals surface area (Å²) in [4.78, 5) is 10.3. The van der Waals surface area contributed by atoms with Crippen LogP contribution in [0.3, 0.4) is 0 Å². The molecule has 18 heavy (non-hydrogen) atoms. The van der Waals surface area contributed by atoms with Gasteiger partial charge in [0.05, 0.1) is 17.7 Å². The second-order valence-electron chi connectivity index (χ2n) is 5.33. The Bertz CT molecular complexity index is 447. The third-order valence-corrected chi connectivity index (χ3v) is 6.22. The molecule has 0 unspecified atom stereocenters. The van der Waals surface area contributed by atoms with E-state index in [1.165, 1.54) is 36.3 Å². The Kier molecular flexibility index (Phi) is 3.61. The molecule has 3 rings (SSSR count). The van der Waals surface area contributed by atoms with E-state index in [0.717, 1.165) is 24.0 Å². The molecule has 0 aromatic carbocycles. The average molecular weight is 281 g/mol. The van der Waals surface area contributed by atoms with Gasteiger partial charge in [-0.05, 0) is 25.2 Å². The molecular formula is C13H19N3S2. The Hall–Kier alpha value is -0.550. The van der Waals surface area contributed by atoms with E-state index in [2.05, 4.69) is 17.2 Å². The summed E-state index contributed by atoms with van der Waals surface area (Å²) in [6, 6.07) is 0.